The van der Waals surface area contributed by atoms with Gasteiger partial charge in [-0.15, -0.1) is 0 Å². The lowest BCUT2D eigenvalue weighted by Gasteiger charge is -2.30. The largest absolute Gasteiger partial charge is 0.417 e. The van der Waals surface area contributed by atoms with Crippen LogP contribution in [0.4, 0.5) is 4.39 Å². The summed E-state index contributed by atoms with van der Waals surface area (Å²) in [6, 6.07) is 0. The highest BCUT2D eigenvalue weighted by molar-refractivity contribution is 6.28. The zero-order valence-corrected chi connectivity index (χ0v) is 20.3. The van der Waals surface area contributed by atoms with Gasteiger partial charge in [-0.05, 0) is 60.4 Å². The van der Waals surface area contributed by atoms with Gasteiger partial charge < -0.3 is 15.4 Å². The molecular weight excluding hydrogens is 457 g/mol. The topological polar surface area (TPSA) is 89.0 Å². The third-order valence-electron chi connectivity index (χ3n) is 6.68. The zero-order valence-electron chi connectivity index (χ0n) is 19.5. The molecule has 0 atom stereocenters. The van der Waals surface area contributed by atoms with Crippen LogP contribution in [0.15, 0.2) is 22.9 Å². The average molecular weight is 484 g/mol. The molecule has 1 aliphatic carbocycles. The summed E-state index contributed by atoms with van der Waals surface area (Å²) in [6.45, 7) is 7.95. The Labute approximate surface area is 202 Å². The first-order chi connectivity index (χ1) is 16.3. The fourth-order valence-electron chi connectivity index (χ4n) is 5.12. The Morgan fingerprint density at radius 3 is 2.71 bits per heavy atom. The van der Waals surface area contributed by atoms with E-state index in [9.17, 15) is 4.79 Å². The van der Waals surface area contributed by atoms with Crippen molar-refractivity contribution in [1.82, 2.24) is 25.6 Å². The van der Waals surface area contributed by atoms with Crippen molar-refractivity contribution in [2.75, 3.05) is 13.1 Å². The molecule has 0 spiro atoms. The fourth-order valence-corrected chi connectivity index (χ4v) is 5.30. The highest BCUT2D eigenvalue weighted by Crippen LogP contribution is 2.43. The van der Waals surface area contributed by atoms with Crippen LogP contribution < -0.4 is 15.4 Å². The Morgan fingerprint density at radius 2 is 1.94 bits per heavy atom. The van der Waals surface area contributed by atoms with Gasteiger partial charge in [0.15, 0.2) is 5.82 Å². The number of ether oxygens (including phenoxy) is 1. The predicted octanol–water partition coefficient (Wildman–Crippen LogP) is 4.29. The summed E-state index contributed by atoms with van der Waals surface area (Å²) in [5.74, 6) is -0.565. The normalized spacial score (nSPS) is 18.1. The Balaban J connectivity index is 1.63. The Hall–Kier alpha value is -2.84. The van der Waals surface area contributed by atoms with Gasteiger partial charge in [0.05, 0.1) is 11.3 Å². The number of aromatic nitrogens is 3. The van der Waals surface area contributed by atoms with Gasteiger partial charge in [0.25, 0.3) is 11.8 Å². The van der Waals surface area contributed by atoms with Gasteiger partial charge in [-0.3, -0.25) is 4.79 Å². The fraction of sp³-hybridized carbons (Fsp3) is 0.440. The highest BCUT2D eigenvalue weighted by Gasteiger charge is 2.32. The van der Waals surface area contributed by atoms with Crippen LogP contribution in [-0.4, -0.2) is 33.9 Å². The second-order valence-electron chi connectivity index (χ2n) is 9.24. The Kier molecular flexibility index (Phi) is 6.12. The number of hydrogen-bond donors (Lipinski definition) is 2. The van der Waals surface area contributed by atoms with Crippen molar-refractivity contribution in [3.05, 3.63) is 56.4 Å². The van der Waals surface area contributed by atoms with Crippen LogP contribution in [0.1, 0.15) is 56.0 Å². The van der Waals surface area contributed by atoms with E-state index in [1.165, 1.54) is 0 Å². The first-order valence-corrected chi connectivity index (χ1v) is 12.1. The lowest BCUT2D eigenvalue weighted by atomic mass is 9.76. The van der Waals surface area contributed by atoms with Gasteiger partial charge in [-0.25, -0.2) is 14.4 Å². The smallest absolute Gasteiger partial charge is 0.258 e. The van der Waals surface area contributed by atoms with Crippen molar-refractivity contribution in [2.45, 2.75) is 53.0 Å². The SMILES string of the molecule is CC1=C(C2=C(C(C)C)c3c(cnc(Oc4nc(Cl)nc5c4CNCC5)c3F)CC2)C(=O)NCC1. The minimum atomic E-state index is -0.542. The number of allylic oxidation sites excluding steroid dienone is 1. The zero-order chi connectivity index (χ0) is 24.0. The van der Waals surface area contributed by atoms with E-state index in [1.54, 1.807) is 6.20 Å². The molecule has 9 heteroatoms. The minimum Gasteiger partial charge on any atom is -0.417 e. The summed E-state index contributed by atoms with van der Waals surface area (Å²) in [5.41, 5.74) is 6.34. The molecule has 0 aromatic carbocycles. The molecule has 2 N–H and O–H groups in total. The van der Waals surface area contributed by atoms with Gasteiger partial charge in [-0.1, -0.05) is 19.4 Å². The maximum Gasteiger partial charge on any atom is 0.258 e. The molecular formula is C25H27ClFN5O2. The van der Waals surface area contributed by atoms with Crippen LogP contribution in [0.25, 0.3) is 5.57 Å². The second-order valence-corrected chi connectivity index (χ2v) is 9.58. The molecule has 2 aliphatic heterocycles. The van der Waals surface area contributed by atoms with Crippen LogP contribution in [0.2, 0.25) is 5.28 Å². The summed E-state index contributed by atoms with van der Waals surface area (Å²) in [4.78, 5) is 25.6. The summed E-state index contributed by atoms with van der Waals surface area (Å²) in [6.07, 6.45) is 4.43. The third kappa shape index (κ3) is 3.99. The standard InChI is InChI=1S/C25H27ClFN5O2/c1-12(2)18-15(19-13(3)6-9-29-22(19)33)5-4-14-10-30-24(21(27)20(14)18)34-23-16-11-28-8-7-17(16)31-25(26)32-23/h10,12,28H,4-9,11H2,1-3H3,(H,29,33). The van der Waals surface area contributed by atoms with Gasteiger partial charge >= 0.3 is 0 Å². The maximum absolute atomic E-state index is 16.1. The highest BCUT2D eigenvalue weighted by atomic mass is 35.5. The van der Waals surface area contributed by atoms with E-state index in [0.717, 1.165) is 46.5 Å². The number of pyridine rings is 1. The van der Waals surface area contributed by atoms with Crippen molar-refractivity contribution in [2.24, 2.45) is 5.92 Å². The summed E-state index contributed by atoms with van der Waals surface area (Å²) in [5, 5.41) is 6.26. The minimum absolute atomic E-state index is 0.000666. The molecule has 1 amide bonds. The van der Waals surface area contributed by atoms with Crippen LogP contribution in [0, 0.1) is 11.7 Å². The number of aryl methyl sites for hydroxylation is 1. The number of hydrogen-bond acceptors (Lipinski definition) is 6. The first-order valence-electron chi connectivity index (χ1n) is 11.7. The van der Waals surface area contributed by atoms with Crippen molar-refractivity contribution in [3.8, 4) is 11.8 Å². The number of nitrogens with one attached hydrogen (secondary N) is 2. The molecule has 0 saturated heterocycles. The molecule has 0 fully saturated rings. The van der Waals surface area contributed by atoms with E-state index in [2.05, 4.69) is 25.6 Å². The number of amides is 1. The lowest BCUT2D eigenvalue weighted by molar-refractivity contribution is -0.117. The molecule has 0 saturated carbocycles. The van der Waals surface area contributed by atoms with Crippen LogP contribution in [0.5, 0.6) is 11.8 Å². The van der Waals surface area contributed by atoms with Crippen molar-refractivity contribution in [1.29, 1.82) is 0 Å². The summed E-state index contributed by atoms with van der Waals surface area (Å²) >= 11 is 6.11. The van der Waals surface area contributed by atoms with Crippen LogP contribution in [-0.2, 0) is 24.2 Å². The molecule has 0 bridgehead atoms. The first kappa shape index (κ1) is 22.9. The number of carbonyl (C=O) groups is 1. The second kappa shape index (κ2) is 9.07. The lowest BCUT2D eigenvalue weighted by Crippen LogP contribution is -2.33. The van der Waals surface area contributed by atoms with E-state index in [0.29, 0.717) is 43.5 Å². The molecule has 7 nitrogen and oxygen atoms in total. The molecule has 34 heavy (non-hydrogen) atoms. The number of fused-ring (bicyclic) bond motifs is 2. The third-order valence-corrected chi connectivity index (χ3v) is 6.85. The van der Waals surface area contributed by atoms with E-state index in [1.807, 2.05) is 20.8 Å². The summed E-state index contributed by atoms with van der Waals surface area (Å²) < 4.78 is 22.0. The van der Waals surface area contributed by atoms with E-state index < -0.39 is 5.82 Å². The van der Waals surface area contributed by atoms with Gasteiger partial charge in [0, 0.05) is 43.4 Å². The predicted molar refractivity (Wildman–Crippen MR) is 127 cm³/mol. The molecule has 0 radical (unpaired) electrons. The van der Waals surface area contributed by atoms with E-state index in [4.69, 9.17) is 16.3 Å². The number of nitrogens with zero attached hydrogens (tertiary/aromatic N) is 3. The molecule has 2 aromatic heterocycles. The number of carbonyl (C=O) groups excluding carboxylic acids is 1. The van der Waals surface area contributed by atoms with E-state index >= 15 is 4.39 Å². The molecule has 0 unspecified atom stereocenters. The quantitative estimate of drug-likeness (QED) is 0.630. The van der Waals surface area contributed by atoms with Crippen molar-refractivity contribution >= 4 is 23.1 Å². The van der Waals surface area contributed by atoms with Crippen molar-refractivity contribution in [3.63, 3.8) is 0 Å². The number of rotatable bonds is 4. The molecule has 2 aromatic rings. The maximum atomic E-state index is 16.1. The molecule has 178 valence electrons. The molecule has 3 aliphatic rings. The summed E-state index contributed by atoms with van der Waals surface area (Å²) in [7, 11) is 0. The van der Waals surface area contributed by atoms with Crippen molar-refractivity contribution < 1.29 is 13.9 Å². The van der Waals surface area contributed by atoms with Crippen LogP contribution in [0.3, 0.4) is 0 Å². The molecule has 4 heterocycles. The van der Waals surface area contributed by atoms with Gasteiger partial charge in [0.2, 0.25) is 11.2 Å². The average Bonchev–Trinajstić information content (AvgIpc) is 2.80. The van der Waals surface area contributed by atoms with Gasteiger partial charge in [0.1, 0.15) is 0 Å². The number of halogens is 2. The molecule has 5 rings (SSSR count). The van der Waals surface area contributed by atoms with Crippen LogP contribution >= 0.6 is 11.6 Å². The Morgan fingerprint density at radius 1 is 1.12 bits per heavy atom. The monoisotopic (exact) mass is 483 g/mol. The van der Waals surface area contributed by atoms with E-state index in [-0.39, 0.29) is 28.9 Å². The van der Waals surface area contributed by atoms with Gasteiger partial charge in [-0.2, -0.15) is 4.98 Å². The Bertz CT molecular complexity index is 1250.